The molecule has 4 nitrogen and oxygen atoms in total. The first-order valence-electron chi connectivity index (χ1n) is 13.7. The Morgan fingerprint density at radius 3 is 1.45 bits per heavy atom. The van der Waals surface area contributed by atoms with E-state index in [9.17, 15) is 0 Å². The Labute approximate surface area is 244 Å². The molecule has 0 amide bonds. The molecule has 0 fully saturated rings. The van der Waals surface area contributed by atoms with Crippen molar-refractivity contribution in [2.45, 2.75) is 0 Å². The number of benzene rings is 6. The molecule has 7 rings (SSSR count). The second kappa shape index (κ2) is 10.9. The Kier molecular flexibility index (Phi) is 6.52. The van der Waals surface area contributed by atoms with Gasteiger partial charge in [-0.3, -0.25) is 0 Å². The number of fused-ring (bicyclic) bond motifs is 1. The van der Waals surface area contributed by atoms with Crippen molar-refractivity contribution < 1.29 is 0 Å². The van der Waals surface area contributed by atoms with Crippen LogP contribution in [0.5, 0.6) is 0 Å². The molecule has 42 heavy (non-hydrogen) atoms. The van der Waals surface area contributed by atoms with Crippen molar-refractivity contribution >= 4 is 16.5 Å². The molecule has 0 atom stereocenters. The van der Waals surface area contributed by atoms with Gasteiger partial charge in [0, 0.05) is 16.7 Å². The molecule has 0 bridgehead atoms. The molecule has 0 radical (unpaired) electrons. The minimum absolute atomic E-state index is 0.627. The largest absolute Gasteiger partial charge is 0.238 e. The van der Waals surface area contributed by atoms with E-state index in [0.717, 1.165) is 38.9 Å². The summed E-state index contributed by atoms with van der Waals surface area (Å²) in [6.07, 6.45) is 0. The van der Waals surface area contributed by atoms with Crippen molar-refractivity contribution in [3.63, 3.8) is 0 Å². The van der Waals surface area contributed by atoms with Gasteiger partial charge in [0.25, 0.3) is 0 Å². The Hall–Kier alpha value is -5.92. The van der Waals surface area contributed by atoms with Gasteiger partial charge in [-0.25, -0.2) is 19.8 Å². The molecule has 1 aromatic heterocycles. The molecule has 6 aromatic carbocycles. The lowest BCUT2D eigenvalue weighted by molar-refractivity contribution is 1.07. The summed E-state index contributed by atoms with van der Waals surface area (Å²) >= 11 is 0. The molecule has 0 saturated heterocycles. The van der Waals surface area contributed by atoms with Crippen molar-refractivity contribution in [2.24, 2.45) is 0 Å². The van der Waals surface area contributed by atoms with Gasteiger partial charge in [0.05, 0.1) is 6.57 Å². The first-order valence-corrected chi connectivity index (χ1v) is 13.7. The highest BCUT2D eigenvalue weighted by molar-refractivity contribution is 6.04. The third-order valence-corrected chi connectivity index (χ3v) is 7.37. The third-order valence-electron chi connectivity index (χ3n) is 7.37. The van der Waals surface area contributed by atoms with Crippen LogP contribution in [0.4, 0.5) is 5.69 Å². The van der Waals surface area contributed by atoms with Crippen LogP contribution in [0.2, 0.25) is 0 Å². The van der Waals surface area contributed by atoms with Crippen LogP contribution >= 0.6 is 0 Å². The van der Waals surface area contributed by atoms with Crippen LogP contribution in [0.3, 0.4) is 0 Å². The zero-order valence-electron chi connectivity index (χ0n) is 22.6. The zero-order chi connectivity index (χ0) is 28.3. The summed E-state index contributed by atoms with van der Waals surface area (Å²) in [5, 5.41) is 2.35. The average Bonchev–Trinajstić information content (AvgIpc) is 3.08. The van der Waals surface area contributed by atoms with Crippen molar-refractivity contribution in [1.29, 1.82) is 0 Å². The van der Waals surface area contributed by atoms with E-state index in [1.54, 1.807) is 0 Å². The molecule has 4 heteroatoms. The van der Waals surface area contributed by atoms with E-state index in [-0.39, 0.29) is 0 Å². The van der Waals surface area contributed by atoms with E-state index in [2.05, 4.69) is 65.5 Å². The van der Waals surface area contributed by atoms with Gasteiger partial charge in [-0.2, -0.15) is 0 Å². The summed E-state index contributed by atoms with van der Waals surface area (Å²) in [6.45, 7) is 7.33. The van der Waals surface area contributed by atoms with Gasteiger partial charge in [-0.1, -0.05) is 146 Å². The Balaban J connectivity index is 1.36. The number of nitrogens with zero attached hydrogens (tertiary/aromatic N) is 4. The van der Waals surface area contributed by atoms with Crippen LogP contribution in [0, 0.1) is 6.57 Å². The van der Waals surface area contributed by atoms with E-state index in [4.69, 9.17) is 21.5 Å². The predicted molar refractivity (Wildman–Crippen MR) is 171 cm³/mol. The molecule has 0 N–H and O–H groups in total. The fourth-order valence-corrected chi connectivity index (χ4v) is 5.26. The van der Waals surface area contributed by atoms with Gasteiger partial charge in [-0.05, 0) is 33.0 Å². The SMILES string of the molecule is [C-]#[N+]c1ccc(-c2ccc3ccccc3c2-c2ccc(-c3nc(-c4ccccc4)nc(-c4ccccc4)n3)cc2)cc1. The lowest BCUT2D eigenvalue weighted by Crippen LogP contribution is -2.00. The van der Waals surface area contributed by atoms with Gasteiger partial charge >= 0.3 is 0 Å². The highest BCUT2D eigenvalue weighted by Crippen LogP contribution is 2.39. The number of aromatic nitrogens is 3. The summed E-state index contributed by atoms with van der Waals surface area (Å²) in [7, 11) is 0. The zero-order valence-corrected chi connectivity index (χ0v) is 22.6. The minimum Gasteiger partial charge on any atom is -0.238 e. The topological polar surface area (TPSA) is 43.0 Å². The average molecular weight is 537 g/mol. The van der Waals surface area contributed by atoms with Crippen LogP contribution < -0.4 is 0 Å². The monoisotopic (exact) mass is 536 g/mol. The summed E-state index contributed by atoms with van der Waals surface area (Å²) in [6, 6.07) is 49.0. The molecule has 1 heterocycles. The van der Waals surface area contributed by atoms with E-state index < -0.39 is 0 Å². The molecule has 0 unspecified atom stereocenters. The van der Waals surface area contributed by atoms with Gasteiger partial charge in [-0.15, -0.1) is 0 Å². The Morgan fingerprint density at radius 1 is 0.405 bits per heavy atom. The lowest BCUT2D eigenvalue weighted by Gasteiger charge is -2.15. The number of hydrogen-bond donors (Lipinski definition) is 0. The van der Waals surface area contributed by atoms with Gasteiger partial charge < -0.3 is 0 Å². The third kappa shape index (κ3) is 4.81. The molecule has 0 aliphatic carbocycles. The van der Waals surface area contributed by atoms with E-state index in [1.165, 1.54) is 10.8 Å². The first-order chi connectivity index (χ1) is 20.8. The maximum atomic E-state index is 7.33. The van der Waals surface area contributed by atoms with Crippen LogP contribution in [-0.2, 0) is 0 Å². The molecule has 196 valence electrons. The van der Waals surface area contributed by atoms with Crippen LogP contribution in [0.1, 0.15) is 0 Å². The van der Waals surface area contributed by atoms with E-state index in [1.807, 2.05) is 84.9 Å². The predicted octanol–water partition coefficient (Wildman–Crippen LogP) is 9.91. The maximum absolute atomic E-state index is 7.33. The highest BCUT2D eigenvalue weighted by Gasteiger charge is 2.15. The van der Waals surface area contributed by atoms with Crippen molar-refractivity contribution in [2.75, 3.05) is 0 Å². The van der Waals surface area contributed by atoms with Crippen LogP contribution in [0.25, 0.3) is 72.0 Å². The standard InChI is InChI=1S/C38H24N4/c1-39-32-23-20-27(21-24-32)34-25-22-26-10-8-9-15-33(26)35(34)28-16-18-31(19-17-28)38-41-36(29-11-4-2-5-12-29)40-37(42-38)30-13-6-3-7-14-30/h2-25H. The highest BCUT2D eigenvalue weighted by atomic mass is 15.0. The molecular formula is C38H24N4. The minimum atomic E-state index is 0.627. The summed E-state index contributed by atoms with van der Waals surface area (Å²) < 4.78 is 0. The van der Waals surface area contributed by atoms with E-state index >= 15 is 0 Å². The maximum Gasteiger partial charge on any atom is 0.187 e. The fourth-order valence-electron chi connectivity index (χ4n) is 5.26. The smallest absolute Gasteiger partial charge is 0.187 e. The van der Waals surface area contributed by atoms with Crippen molar-refractivity contribution in [1.82, 2.24) is 15.0 Å². The Bertz CT molecular complexity index is 2000. The Morgan fingerprint density at radius 2 is 0.881 bits per heavy atom. The number of rotatable bonds is 5. The summed E-state index contributed by atoms with van der Waals surface area (Å²) in [5.41, 5.74) is 7.88. The lowest BCUT2D eigenvalue weighted by atomic mass is 9.89. The van der Waals surface area contributed by atoms with Crippen LogP contribution in [0.15, 0.2) is 146 Å². The summed E-state index contributed by atoms with van der Waals surface area (Å²) in [5.74, 6) is 1.91. The quantitative estimate of drug-likeness (QED) is 0.206. The second-order valence-corrected chi connectivity index (χ2v) is 9.98. The molecular weight excluding hydrogens is 512 g/mol. The molecule has 0 aliphatic heterocycles. The first kappa shape index (κ1) is 25.1. The molecule has 0 aliphatic rings. The number of hydrogen-bond acceptors (Lipinski definition) is 3. The van der Waals surface area contributed by atoms with Crippen molar-refractivity contribution in [3.8, 4) is 56.4 Å². The van der Waals surface area contributed by atoms with Crippen LogP contribution in [-0.4, -0.2) is 15.0 Å². The molecule has 0 saturated carbocycles. The fraction of sp³-hybridized carbons (Fsp3) is 0. The van der Waals surface area contributed by atoms with Gasteiger partial charge in [0.2, 0.25) is 0 Å². The van der Waals surface area contributed by atoms with E-state index in [0.29, 0.717) is 23.2 Å². The normalized spacial score (nSPS) is 10.8. The second-order valence-electron chi connectivity index (χ2n) is 9.98. The molecule has 0 spiro atoms. The van der Waals surface area contributed by atoms with Gasteiger partial charge in [0.1, 0.15) is 0 Å². The molecule has 7 aromatic rings. The summed E-state index contributed by atoms with van der Waals surface area (Å²) in [4.78, 5) is 18.1. The van der Waals surface area contributed by atoms with Crippen molar-refractivity contribution in [3.05, 3.63) is 157 Å². The van der Waals surface area contributed by atoms with Gasteiger partial charge in [0.15, 0.2) is 23.2 Å².